The second-order valence-electron chi connectivity index (χ2n) is 5.02. The Morgan fingerprint density at radius 1 is 1.30 bits per heavy atom. The van der Waals surface area contributed by atoms with Crippen molar-refractivity contribution in [3.8, 4) is 11.3 Å². The zero-order chi connectivity index (χ0) is 16.1. The second-order valence-corrected chi connectivity index (χ2v) is 6.22. The Balaban J connectivity index is 1.55. The van der Waals surface area contributed by atoms with Crippen molar-refractivity contribution in [1.29, 1.82) is 0 Å². The molecular weight excluding hydrogens is 310 g/mol. The summed E-state index contributed by atoms with van der Waals surface area (Å²) >= 11 is 1.69. The van der Waals surface area contributed by atoms with E-state index in [9.17, 15) is 4.79 Å². The predicted octanol–water partition coefficient (Wildman–Crippen LogP) is 3.33. The molecule has 0 spiro atoms. The number of benzene rings is 1. The summed E-state index contributed by atoms with van der Waals surface area (Å²) in [6.45, 7) is 2.64. The minimum atomic E-state index is -0.226. The third-order valence-electron chi connectivity index (χ3n) is 3.36. The van der Waals surface area contributed by atoms with Crippen LogP contribution in [0.1, 0.15) is 27.3 Å². The Labute approximate surface area is 138 Å². The van der Waals surface area contributed by atoms with Crippen molar-refractivity contribution >= 4 is 17.2 Å². The number of aromatic nitrogens is 2. The third-order valence-corrected chi connectivity index (χ3v) is 4.56. The van der Waals surface area contributed by atoms with E-state index in [0.717, 1.165) is 23.4 Å². The minimum Gasteiger partial charge on any atom is -0.355 e. The van der Waals surface area contributed by atoms with E-state index in [2.05, 4.69) is 22.4 Å². The molecule has 3 rings (SSSR count). The van der Waals surface area contributed by atoms with Gasteiger partial charge in [-0.15, -0.1) is 11.3 Å². The van der Waals surface area contributed by atoms with Gasteiger partial charge >= 0.3 is 0 Å². The quantitative estimate of drug-likeness (QED) is 0.754. The van der Waals surface area contributed by atoms with Crippen LogP contribution < -0.4 is 5.32 Å². The van der Waals surface area contributed by atoms with E-state index in [0.29, 0.717) is 18.0 Å². The number of hydrogen-bond donors (Lipinski definition) is 1. The Morgan fingerprint density at radius 2 is 2.13 bits per heavy atom. The summed E-state index contributed by atoms with van der Waals surface area (Å²) in [6.07, 6.45) is 3.59. The summed E-state index contributed by atoms with van der Waals surface area (Å²) in [5.41, 5.74) is 1.19. The van der Waals surface area contributed by atoms with Gasteiger partial charge in [0.1, 0.15) is 0 Å². The van der Waals surface area contributed by atoms with Gasteiger partial charge in [0, 0.05) is 35.7 Å². The highest BCUT2D eigenvalue weighted by atomic mass is 32.1. The topological polar surface area (TPSA) is 68.0 Å². The summed E-state index contributed by atoms with van der Waals surface area (Å²) in [5, 5.41) is 7.82. The molecule has 3 aromatic rings. The summed E-state index contributed by atoms with van der Waals surface area (Å²) in [4.78, 5) is 17.6. The van der Waals surface area contributed by atoms with Gasteiger partial charge < -0.3 is 9.84 Å². The fourth-order valence-electron chi connectivity index (χ4n) is 2.14. The molecule has 1 N–H and O–H groups in total. The average Bonchev–Trinajstić information content (AvgIpc) is 3.25. The van der Waals surface area contributed by atoms with Crippen molar-refractivity contribution in [2.75, 3.05) is 6.54 Å². The van der Waals surface area contributed by atoms with E-state index < -0.39 is 0 Å². The molecule has 0 fully saturated rings. The SMILES string of the molecule is CCc1ncc(CCNC(=O)c2cc(-c3ccccc3)on2)s1. The number of carbonyl (C=O) groups is 1. The van der Waals surface area contributed by atoms with Crippen molar-refractivity contribution in [3.05, 3.63) is 58.2 Å². The summed E-state index contributed by atoms with van der Waals surface area (Å²) in [6, 6.07) is 11.2. The smallest absolute Gasteiger partial charge is 0.273 e. The Kier molecular flexibility index (Phi) is 4.83. The lowest BCUT2D eigenvalue weighted by Crippen LogP contribution is -2.25. The molecule has 0 aliphatic carbocycles. The molecule has 0 unspecified atom stereocenters. The number of thiazole rings is 1. The fourth-order valence-corrected chi connectivity index (χ4v) is 3.00. The van der Waals surface area contributed by atoms with Gasteiger partial charge in [0.05, 0.1) is 5.01 Å². The normalized spacial score (nSPS) is 10.7. The molecule has 0 radical (unpaired) electrons. The van der Waals surface area contributed by atoms with Crippen LogP contribution in [0.25, 0.3) is 11.3 Å². The zero-order valence-electron chi connectivity index (χ0n) is 12.8. The van der Waals surface area contributed by atoms with Gasteiger partial charge in [0.25, 0.3) is 5.91 Å². The molecule has 5 nitrogen and oxygen atoms in total. The van der Waals surface area contributed by atoms with Crippen LogP contribution in [0.2, 0.25) is 0 Å². The van der Waals surface area contributed by atoms with Gasteiger partial charge in [-0.05, 0) is 6.42 Å². The predicted molar refractivity (Wildman–Crippen MR) is 89.5 cm³/mol. The van der Waals surface area contributed by atoms with Crippen LogP contribution in [0.3, 0.4) is 0 Å². The lowest BCUT2D eigenvalue weighted by molar-refractivity contribution is 0.0945. The number of hydrogen-bond acceptors (Lipinski definition) is 5. The summed E-state index contributed by atoms with van der Waals surface area (Å²) in [5.74, 6) is 0.363. The number of aryl methyl sites for hydroxylation is 1. The van der Waals surface area contributed by atoms with E-state index in [4.69, 9.17) is 4.52 Å². The molecule has 2 heterocycles. The molecule has 23 heavy (non-hydrogen) atoms. The molecule has 1 amide bonds. The Hall–Kier alpha value is -2.47. The van der Waals surface area contributed by atoms with Crippen LogP contribution >= 0.6 is 11.3 Å². The molecule has 118 valence electrons. The van der Waals surface area contributed by atoms with E-state index in [1.165, 1.54) is 4.88 Å². The van der Waals surface area contributed by atoms with Crippen LogP contribution in [0.15, 0.2) is 47.1 Å². The van der Waals surface area contributed by atoms with Gasteiger partial charge in [-0.2, -0.15) is 0 Å². The first-order chi connectivity index (χ1) is 11.3. The molecule has 0 aliphatic heterocycles. The molecule has 1 aromatic carbocycles. The summed E-state index contributed by atoms with van der Waals surface area (Å²) < 4.78 is 5.24. The highest BCUT2D eigenvalue weighted by molar-refractivity contribution is 7.11. The first-order valence-corrected chi connectivity index (χ1v) is 8.32. The van der Waals surface area contributed by atoms with Crippen LogP contribution in [0.4, 0.5) is 0 Å². The van der Waals surface area contributed by atoms with Gasteiger partial charge in [0.2, 0.25) is 0 Å². The Bertz CT molecular complexity index is 780. The van der Waals surface area contributed by atoms with E-state index in [1.54, 1.807) is 17.4 Å². The van der Waals surface area contributed by atoms with Crippen molar-refractivity contribution in [2.24, 2.45) is 0 Å². The van der Waals surface area contributed by atoms with Crippen LogP contribution in [0, 0.1) is 0 Å². The molecule has 0 bridgehead atoms. The molecule has 0 saturated heterocycles. The first kappa shape index (κ1) is 15.4. The minimum absolute atomic E-state index is 0.226. The standard InChI is InChI=1S/C17H17N3O2S/c1-2-16-19-11-13(23-16)8-9-18-17(21)14-10-15(22-20-14)12-6-4-3-5-7-12/h3-7,10-11H,2,8-9H2,1H3,(H,18,21). The van der Waals surface area contributed by atoms with E-state index >= 15 is 0 Å². The maximum atomic E-state index is 12.1. The van der Waals surface area contributed by atoms with Crippen molar-refractivity contribution in [2.45, 2.75) is 19.8 Å². The van der Waals surface area contributed by atoms with Gasteiger partial charge in [-0.3, -0.25) is 4.79 Å². The maximum Gasteiger partial charge on any atom is 0.273 e. The van der Waals surface area contributed by atoms with Crippen LogP contribution in [-0.4, -0.2) is 22.6 Å². The molecule has 6 heteroatoms. The lowest BCUT2D eigenvalue weighted by atomic mass is 10.1. The first-order valence-electron chi connectivity index (χ1n) is 7.50. The van der Waals surface area contributed by atoms with Crippen LogP contribution in [0.5, 0.6) is 0 Å². The molecule has 0 saturated carbocycles. The number of carbonyl (C=O) groups excluding carboxylic acids is 1. The van der Waals surface area contributed by atoms with Crippen LogP contribution in [-0.2, 0) is 12.8 Å². The van der Waals surface area contributed by atoms with Gasteiger partial charge in [0.15, 0.2) is 11.5 Å². The van der Waals surface area contributed by atoms with E-state index in [-0.39, 0.29) is 5.91 Å². The van der Waals surface area contributed by atoms with Crippen molar-refractivity contribution in [3.63, 3.8) is 0 Å². The number of rotatable bonds is 6. The van der Waals surface area contributed by atoms with Gasteiger partial charge in [-0.1, -0.05) is 42.4 Å². The Morgan fingerprint density at radius 3 is 2.87 bits per heavy atom. The van der Waals surface area contributed by atoms with Crippen molar-refractivity contribution in [1.82, 2.24) is 15.5 Å². The molecule has 2 aromatic heterocycles. The number of nitrogens with zero attached hydrogens (tertiary/aromatic N) is 2. The maximum absolute atomic E-state index is 12.1. The average molecular weight is 327 g/mol. The lowest BCUT2D eigenvalue weighted by Gasteiger charge is -2.00. The van der Waals surface area contributed by atoms with Crippen molar-refractivity contribution < 1.29 is 9.32 Å². The largest absolute Gasteiger partial charge is 0.355 e. The second kappa shape index (κ2) is 7.19. The molecule has 0 aliphatic rings. The highest BCUT2D eigenvalue weighted by Gasteiger charge is 2.13. The zero-order valence-corrected chi connectivity index (χ0v) is 13.6. The number of nitrogens with one attached hydrogen (secondary N) is 1. The van der Waals surface area contributed by atoms with Gasteiger partial charge in [-0.25, -0.2) is 4.98 Å². The molecule has 0 atom stereocenters. The highest BCUT2D eigenvalue weighted by Crippen LogP contribution is 2.19. The molecular formula is C17H17N3O2S. The number of amides is 1. The third kappa shape index (κ3) is 3.84. The summed E-state index contributed by atoms with van der Waals surface area (Å²) in [7, 11) is 0. The van der Waals surface area contributed by atoms with E-state index in [1.807, 2.05) is 36.5 Å². The fraction of sp³-hybridized carbons (Fsp3) is 0.235. The monoisotopic (exact) mass is 327 g/mol.